The highest BCUT2D eigenvalue weighted by atomic mass is 32.2. The summed E-state index contributed by atoms with van der Waals surface area (Å²) < 4.78 is 47.9. The molecule has 2 aromatic rings. The second-order valence-electron chi connectivity index (χ2n) is 5.84. The SMILES string of the molecule is C[C@H](Nc1ccc(S(=O)(=O)C(F)F)cc1)c1ccc2c(c1)CC(=O)N2. The van der Waals surface area contributed by atoms with Crippen molar-refractivity contribution in [3.63, 3.8) is 0 Å². The summed E-state index contributed by atoms with van der Waals surface area (Å²) in [5, 5.41) is 5.95. The van der Waals surface area contributed by atoms with Crippen LogP contribution in [0.2, 0.25) is 0 Å². The molecule has 1 amide bonds. The molecule has 132 valence electrons. The van der Waals surface area contributed by atoms with Crippen molar-refractivity contribution in [3.8, 4) is 0 Å². The summed E-state index contributed by atoms with van der Waals surface area (Å²) in [5.41, 5.74) is 3.30. The number of halogens is 2. The molecular formula is C17H16F2N2O3S. The summed E-state index contributed by atoms with van der Waals surface area (Å²) in [6, 6.07) is 10.8. The zero-order chi connectivity index (χ0) is 18.2. The molecule has 5 nitrogen and oxygen atoms in total. The maximum absolute atomic E-state index is 12.5. The quantitative estimate of drug-likeness (QED) is 0.851. The van der Waals surface area contributed by atoms with Gasteiger partial charge in [-0.1, -0.05) is 12.1 Å². The first kappa shape index (κ1) is 17.3. The lowest BCUT2D eigenvalue weighted by Gasteiger charge is -2.17. The molecule has 1 heterocycles. The zero-order valence-corrected chi connectivity index (χ0v) is 14.1. The van der Waals surface area contributed by atoms with Crippen molar-refractivity contribution in [2.75, 3.05) is 10.6 Å². The summed E-state index contributed by atoms with van der Waals surface area (Å²) in [7, 11) is -4.59. The fourth-order valence-electron chi connectivity index (χ4n) is 2.70. The monoisotopic (exact) mass is 366 g/mol. The molecule has 25 heavy (non-hydrogen) atoms. The lowest BCUT2D eigenvalue weighted by molar-refractivity contribution is -0.115. The molecule has 1 aliphatic rings. The Morgan fingerprint density at radius 1 is 1.12 bits per heavy atom. The molecule has 0 fully saturated rings. The minimum atomic E-state index is -4.59. The van der Waals surface area contributed by atoms with Crippen LogP contribution in [0.1, 0.15) is 24.1 Å². The number of sulfone groups is 1. The summed E-state index contributed by atoms with van der Waals surface area (Å²) >= 11 is 0. The molecule has 2 N–H and O–H groups in total. The third-order valence-corrected chi connectivity index (χ3v) is 5.45. The molecule has 1 atom stereocenters. The molecule has 3 rings (SSSR count). The van der Waals surface area contributed by atoms with E-state index in [4.69, 9.17) is 0 Å². The van der Waals surface area contributed by atoms with E-state index in [1.807, 2.05) is 25.1 Å². The molecule has 0 aromatic heterocycles. The number of carbonyl (C=O) groups excluding carboxylic acids is 1. The number of anilines is 2. The third-order valence-electron chi connectivity index (χ3n) is 4.05. The Hall–Kier alpha value is -2.48. The Kier molecular flexibility index (Phi) is 4.47. The van der Waals surface area contributed by atoms with Crippen LogP contribution in [0.4, 0.5) is 20.2 Å². The van der Waals surface area contributed by atoms with Crippen molar-refractivity contribution < 1.29 is 22.0 Å². The van der Waals surface area contributed by atoms with E-state index in [0.717, 1.165) is 28.9 Å². The Balaban J connectivity index is 1.75. The Bertz CT molecular complexity index is 912. The van der Waals surface area contributed by atoms with Crippen molar-refractivity contribution in [2.45, 2.75) is 30.0 Å². The molecule has 0 saturated heterocycles. The van der Waals surface area contributed by atoms with E-state index in [-0.39, 0.29) is 11.9 Å². The van der Waals surface area contributed by atoms with Crippen molar-refractivity contribution in [3.05, 3.63) is 53.6 Å². The van der Waals surface area contributed by atoms with Crippen LogP contribution >= 0.6 is 0 Å². The number of benzene rings is 2. The topological polar surface area (TPSA) is 75.3 Å². The third kappa shape index (κ3) is 3.48. The molecule has 0 unspecified atom stereocenters. The summed E-state index contributed by atoms with van der Waals surface area (Å²) in [6.07, 6.45) is 0.343. The smallest absolute Gasteiger partial charge is 0.341 e. The van der Waals surface area contributed by atoms with Crippen LogP contribution in [0.25, 0.3) is 0 Å². The second-order valence-corrected chi connectivity index (χ2v) is 7.76. The van der Waals surface area contributed by atoms with Gasteiger partial charge in [-0.2, -0.15) is 8.78 Å². The molecule has 0 bridgehead atoms. The largest absolute Gasteiger partial charge is 0.379 e. The highest BCUT2D eigenvalue weighted by Crippen LogP contribution is 2.28. The number of hydrogen-bond acceptors (Lipinski definition) is 4. The van der Waals surface area contributed by atoms with Gasteiger partial charge >= 0.3 is 5.76 Å². The van der Waals surface area contributed by atoms with E-state index in [9.17, 15) is 22.0 Å². The molecule has 0 spiro atoms. The van der Waals surface area contributed by atoms with Gasteiger partial charge in [0.15, 0.2) is 0 Å². The van der Waals surface area contributed by atoms with E-state index in [2.05, 4.69) is 10.6 Å². The predicted octanol–water partition coefficient (Wildman–Crippen LogP) is 3.35. The summed E-state index contributed by atoms with van der Waals surface area (Å²) in [5.74, 6) is -3.48. The first-order chi connectivity index (χ1) is 11.8. The highest BCUT2D eigenvalue weighted by molar-refractivity contribution is 7.91. The number of rotatable bonds is 5. The van der Waals surface area contributed by atoms with E-state index < -0.39 is 20.5 Å². The molecule has 2 aromatic carbocycles. The van der Waals surface area contributed by atoms with Crippen LogP contribution in [-0.4, -0.2) is 20.1 Å². The Morgan fingerprint density at radius 2 is 1.80 bits per heavy atom. The van der Waals surface area contributed by atoms with Gasteiger partial charge in [-0.05, 0) is 48.4 Å². The first-order valence-electron chi connectivity index (χ1n) is 7.58. The van der Waals surface area contributed by atoms with Gasteiger partial charge in [0.05, 0.1) is 11.3 Å². The molecule has 8 heteroatoms. The Morgan fingerprint density at radius 3 is 2.44 bits per heavy atom. The standard InChI is InChI=1S/C17H16F2N2O3S/c1-10(11-2-7-15-12(8-11)9-16(22)21-15)20-13-3-5-14(6-4-13)25(23,24)17(18)19/h2-8,10,17,20H,9H2,1H3,(H,21,22)/t10-/m0/s1. The van der Waals surface area contributed by atoms with Gasteiger partial charge in [0.2, 0.25) is 15.7 Å². The first-order valence-corrected chi connectivity index (χ1v) is 9.13. The fourth-order valence-corrected chi connectivity index (χ4v) is 3.42. The molecule has 1 aliphatic heterocycles. The highest BCUT2D eigenvalue weighted by Gasteiger charge is 2.26. The second kappa shape index (κ2) is 6.44. The fraction of sp³-hybridized carbons (Fsp3) is 0.235. The maximum Gasteiger partial charge on any atom is 0.341 e. The lowest BCUT2D eigenvalue weighted by atomic mass is 10.0. The minimum Gasteiger partial charge on any atom is -0.379 e. The van der Waals surface area contributed by atoms with E-state index >= 15 is 0 Å². The summed E-state index contributed by atoms with van der Waals surface area (Å²) in [6.45, 7) is 1.91. The van der Waals surface area contributed by atoms with Gasteiger partial charge in [0.1, 0.15) is 0 Å². The van der Waals surface area contributed by atoms with Crippen LogP contribution in [0.15, 0.2) is 47.4 Å². The van der Waals surface area contributed by atoms with Crippen LogP contribution < -0.4 is 10.6 Å². The van der Waals surface area contributed by atoms with Gasteiger partial charge < -0.3 is 10.6 Å². The molecule has 0 radical (unpaired) electrons. The number of alkyl halides is 2. The van der Waals surface area contributed by atoms with Gasteiger partial charge in [0, 0.05) is 17.4 Å². The van der Waals surface area contributed by atoms with E-state index in [0.29, 0.717) is 12.1 Å². The summed E-state index contributed by atoms with van der Waals surface area (Å²) in [4.78, 5) is 11.0. The average Bonchev–Trinajstić information content (AvgIpc) is 2.94. The average molecular weight is 366 g/mol. The number of hydrogen-bond donors (Lipinski definition) is 2. The number of nitrogens with one attached hydrogen (secondary N) is 2. The van der Waals surface area contributed by atoms with Gasteiger partial charge in [-0.25, -0.2) is 8.42 Å². The van der Waals surface area contributed by atoms with Gasteiger partial charge in [0.25, 0.3) is 0 Å². The van der Waals surface area contributed by atoms with E-state index in [1.54, 1.807) is 0 Å². The maximum atomic E-state index is 12.5. The van der Waals surface area contributed by atoms with Gasteiger partial charge in [-0.3, -0.25) is 4.79 Å². The van der Waals surface area contributed by atoms with Crippen molar-refractivity contribution >= 4 is 27.1 Å². The predicted molar refractivity (Wildman–Crippen MR) is 90.4 cm³/mol. The van der Waals surface area contributed by atoms with Crippen LogP contribution in [0, 0.1) is 0 Å². The normalized spacial score (nSPS) is 15.0. The number of amides is 1. The number of carbonyl (C=O) groups is 1. The lowest BCUT2D eigenvalue weighted by Crippen LogP contribution is -2.11. The van der Waals surface area contributed by atoms with Crippen molar-refractivity contribution in [1.29, 1.82) is 0 Å². The zero-order valence-electron chi connectivity index (χ0n) is 13.3. The van der Waals surface area contributed by atoms with E-state index in [1.165, 1.54) is 12.1 Å². The van der Waals surface area contributed by atoms with Crippen molar-refractivity contribution in [2.24, 2.45) is 0 Å². The van der Waals surface area contributed by atoms with Crippen LogP contribution in [0.5, 0.6) is 0 Å². The van der Waals surface area contributed by atoms with Crippen molar-refractivity contribution in [1.82, 2.24) is 0 Å². The molecular weight excluding hydrogens is 350 g/mol. The molecule has 0 saturated carbocycles. The minimum absolute atomic E-state index is 0.0383. The number of fused-ring (bicyclic) bond motifs is 1. The Labute approximate surface area is 144 Å². The van der Waals surface area contributed by atoms with Gasteiger partial charge in [-0.15, -0.1) is 0 Å². The van der Waals surface area contributed by atoms with Crippen LogP contribution in [-0.2, 0) is 21.1 Å². The van der Waals surface area contributed by atoms with Crippen LogP contribution in [0.3, 0.4) is 0 Å². The molecule has 0 aliphatic carbocycles.